The number of nitrogens with zero attached hydrogens (tertiary/aromatic N) is 2. The number of carbonyl (C=O) groups excluding carboxylic acids is 1. The molecule has 3 rings (SSSR count). The molecular formula is C18H17N3O4S. The van der Waals surface area contributed by atoms with E-state index >= 15 is 0 Å². The van der Waals surface area contributed by atoms with Crippen LogP contribution in [0.4, 0.5) is 0 Å². The molecule has 1 heterocycles. The van der Waals surface area contributed by atoms with E-state index in [1.807, 2.05) is 30.3 Å². The summed E-state index contributed by atoms with van der Waals surface area (Å²) >= 11 is 1.04. The number of hydrogen-bond acceptors (Lipinski definition) is 6. The predicted octanol–water partition coefficient (Wildman–Crippen LogP) is 2.23. The van der Waals surface area contributed by atoms with Gasteiger partial charge in [-0.25, -0.2) is 5.43 Å². The first-order valence-electron chi connectivity index (χ1n) is 7.74. The Kier molecular flexibility index (Phi) is 5.33. The molecule has 0 aliphatic rings. The zero-order valence-corrected chi connectivity index (χ0v) is 15.1. The highest BCUT2D eigenvalue weighted by Gasteiger charge is 2.15. The number of fused-ring (bicyclic) bond motifs is 1. The van der Waals surface area contributed by atoms with E-state index in [4.69, 9.17) is 9.47 Å². The van der Waals surface area contributed by atoms with Gasteiger partial charge in [-0.3, -0.25) is 14.2 Å². The topological polar surface area (TPSA) is 81.9 Å². The lowest BCUT2D eigenvalue weighted by Gasteiger charge is -2.08. The number of amides is 1. The molecule has 0 saturated carbocycles. The molecule has 8 heteroatoms. The zero-order chi connectivity index (χ0) is 18.5. The number of thiazole rings is 1. The van der Waals surface area contributed by atoms with Gasteiger partial charge < -0.3 is 9.47 Å². The van der Waals surface area contributed by atoms with Crippen molar-refractivity contribution in [2.45, 2.75) is 6.54 Å². The zero-order valence-electron chi connectivity index (χ0n) is 14.3. The molecule has 0 aliphatic heterocycles. The van der Waals surface area contributed by atoms with E-state index in [1.165, 1.54) is 18.8 Å². The lowest BCUT2D eigenvalue weighted by molar-refractivity contribution is -0.121. The number of rotatable bonds is 6. The summed E-state index contributed by atoms with van der Waals surface area (Å²) in [5.74, 6) is 0.633. The van der Waals surface area contributed by atoms with Gasteiger partial charge in [0, 0.05) is 12.1 Å². The summed E-state index contributed by atoms with van der Waals surface area (Å²) in [6.07, 6.45) is 1.54. The van der Waals surface area contributed by atoms with Gasteiger partial charge in [0.15, 0.2) is 11.5 Å². The lowest BCUT2D eigenvalue weighted by atomic mass is 10.2. The molecule has 0 bridgehead atoms. The average molecular weight is 371 g/mol. The molecule has 1 amide bonds. The molecular weight excluding hydrogens is 354 g/mol. The third-order valence-corrected chi connectivity index (χ3v) is 4.62. The van der Waals surface area contributed by atoms with Crippen molar-refractivity contribution in [3.05, 3.63) is 57.7 Å². The maximum absolute atomic E-state index is 12.3. The van der Waals surface area contributed by atoms with E-state index < -0.39 is 5.91 Å². The Balaban J connectivity index is 1.79. The van der Waals surface area contributed by atoms with Crippen LogP contribution in [0.15, 0.2) is 52.4 Å². The summed E-state index contributed by atoms with van der Waals surface area (Å²) < 4.78 is 12.6. The number of carbonyl (C=O) groups is 1. The van der Waals surface area contributed by atoms with E-state index in [0.717, 1.165) is 16.9 Å². The standard InChI is InChI=1S/C18H17N3O4S/c1-24-14-8-13-16(9-15(14)25-2)26-18(23)21(13)11-17(22)20-19-10-12-6-4-3-5-7-12/h3-10H,11H2,1-2H3,(H,20,22)/b19-10+. The predicted molar refractivity (Wildman–Crippen MR) is 101 cm³/mol. The van der Waals surface area contributed by atoms with Crippen LogP contribution in [0, 0.1) is 0 Å². The van der Waals surface area contributed by atoms with Crippen LogP contribution < -0.4 is 19.8 Å². The quantitative estimate of drug-likeness (QED) is 0.532. The van der Waals surface area contributed by atoms with Gasteiger partial charge in [0.25, 0.3) is 5.91 Å². The molecule has 2 aromatic carbocycles. The van der Waals surface area contributed by atoms with E-state index in [-0.39, 0.29) is 11.4 Å². The van der Waals surface area contributed by atoms with Gasteiger partial charge in [0.1, 0.15) is 6.54 Å². The molecule has 0 saturated heterocycles. The first-order valence-corrected chi connectivity index (χ1v) is 8.56. The summed E-state index contributed by atoms with van der Waals surface area (Å²) in [4.78, 5) is 24.1. The van der Waals surface area contributed by atoms with Crippen molar-refractivity contribution < 1.29 is 14.3 Å². The Labute approximate surface area is 153 Å². The molecule has 3 aromatic rings. The molecule has 0 spiro atoms. The summed E-state index contributed by atoms with van der Waals surface area (Å²) in [6, 6.07) is 12.8. The van der Waals surface area contributed by atoms with Gasteiger partial charge in [-0.15, -0.1) is 0 Å². The largest absolute Gasteiger partial charge is 0.493 e. The van der Waals surface area contributed by atoms with Gasteiger partial charge in [-0.1, -0.05) is 41.7 Å². The van der Waals surface area contributed by atoms with Gasteiger partial charge >= 0.3 is 4.87 Å². The molecule has 0 unspecified atom stereocenters. The summed E-state index contributed by atoms with van der Waals surface area (Å²) in [6.45, 7) is -0.138. The van der Waals surface area contributed by atoms with Crippen molar-refractivity contribution in [3.8, 4) is 11.5 Å². The molecule has 0 fully saturated rings. The molecule has 134 valence electrons. The number of hydrazone groups is 1. The molecule has 0 atom stereocenters. The Morgan fingerprint density at radius 2 is 1.88 bits per heavy atom. The number of aromatic nitrogens is 1. The minimum Gasteiger partial charge on any atom is -0.493 e. The maximum Gasteiger partial charge on any atom is 0.308 e. The minimum atomic E-state index is -0.395. The highest BCUT2D eigenvalue weighted by molar-refractivity contribution is 7.16. The van der Waals surface area contributed by atoms with Crippen LogP contribution in [0.5, 0.6) is 11.5 Å². The van der Waals surface area contributed by atoms with Crippen LogP contribution in [0.25, 0.3) is 10.2 Å². The highest BCUT2D eigenvalue weighted by atomic mass is 32.1. The minimum absolute atomic E-state index is 0.138. The van der Waals surface area contributed by atoms with Crippen LogP contribution in [0.3, 0.4) is 0 Å². The molecule has 7 nitrogen and oxygen atoms in total. The van der Waals surface area contributed by atoms with E-state index in [9.17, 15) is 9.59 Å². The molecule has 0 aliphatic carbocycles. The monoisotopic (exact) mass is 371 g/mol. The Morgan fingerprint density at radius 3 is 2.58 bits per heavy atom. The van der Waals surface area contributed by atoms with Crippen LogP contribution in [-0.2, 0) is 11.3 Å². The summed E-state index contributed by atoms with van der Waals surface area (Å²) in [7, 11) is 3.05. The lowest BCUT2D eigenvalue weighted by Crippen LogP contribution is -2.27. The van der Waals surface area contributed by atoms with Crippen LogP contribution in [0.2, 0.25) is 0 Å². The second-order valence-electron chi connectivity index (χ2n) is 5.33. The Hall–Kier alpha value is -3.13. The molecule has 26 heavy (non-hydrogen) atoms. The summed E-state index contributed by atoms with van der Waals surface area (Å²) in [5, 5.41) is 3.91. The van der Waals surface area contributed by atoms with E-state index in [2.05, 4.69) is 10.5 Å². The number of hydrogen-bond donors (Lipinski definition) is 1. The highest BCUT2D eigenvalue weighted by Crippen LogP contribution is 2.33. The molecule has 1 N–H and O–H groups in total. The first-order chi connectivity index (χ1) is 12.6. The fourth-order valence-electron chi connectivity index (χ4n) is 2.44. The third kappa shape index (κ3) is 3.75. The van der Waals surface area contributed by atoms with Crippen molar-refractivity contribution in [1.82, 2.24) is 9.99 Å². The van der Waals surface area contributed by atoms with Crippen molar-refractivity contribution in [1.29, 1.82) is 0 Å². The maximum atomic E-state index is 12.3. The smallest absolute Gasteiger partial charge is 0.308 e. The van der Waals surface area contributed by atoms with Crippen molar-refractivity contribution >= 4 is 33.7 Å². The molecule has 1 aromatic heterocycles. The van der Waals surface area contributed by atoms with E-state index in [0.29, 0.717) is 21.7 Å². The van der Waals surface area contributed by atoms with Gasteiger partial charge in [-0.2, -0.15) is 5.10 Å². The number of nitrogens with one attached hydrogen (secondary N) is 1. The number of benzene rings is 2. The third-order valence-electron chi connectivity index (χ3n) is 3.68. The number of ether oxygens (including phenoxy) is 2. The van der Waals surface area contributed by atoms with Gasteiger partial charge in [0.05, 0.1) is 30.7 Å². The SMILES string of the molecule is COc1cc2sc(=O)n(CC(=O)N/N=C/c3ccccc3)c2cc1OC. The second-order valence-corrected chi connectivity index (χ2v) is 6.33. The van der Waals surface area contributed by atoms with Crippen LogP contribution in [0.1, 0.15) is 5.56 Å². The van der Waals surface area contributed by atoms with Crippen LogP contribution in [-0.4, -0.2) is 30.9 Å². The Morgan fingerprint density at radius 1 is 1.19 bits per heavy atom. The number of methoxy groups -OCH3 is 2. The van der Waals surface area contributed by atoms with Gasteiger partial charge in [0.2, 0.25) is 0 Å². The normalized spacial score (nSPS) is 11.0. The van der Waals surface area contributed by atoms with Crippen molar-refractivity contribution in [2.24, 2.45) is 5.10 Å². The fourth-order valence-corrected chi connectivity index (χ4v) is 3.34. The van der Waals surface area contributed by atoms with Crippen molar-refractivity contribution in [3.63, 3.8) is 0 Å². The summed E-state index contributed by atoms with van der Waals surface area (Å²) in [5.41, 5.74) is 3.91. The second kappa shape index (κ2) is 7.83. The van der Waals surface area contributed by atoms with Gasteiger partial charge in [-0.05, 0) is 5.56 Å². The Bertz CT molecular complexity index is 1010. The average Bonchev–Trinajstić information content (AvgIpc) is 2.95. The van der Waals surface area contributed by atoms with E-state index in [1.54, 1.807) is 18.3 Å². The molecule has 0 radical (unpaired) electrons. The fraction of sp³-hybridized carbons (Fsp3) is 0.167. The van der Waals surface area contributed by atoms with Crippen molar-refractivity contribution in [2.75, 3.05) is 14.2 Å². The first kappa shape index (κ1) is 17.7. The van der Waals surface area contributed by atoms with Crippen LogP contribution >= 0.6 is 11.3 Å².